The lowest BCUT2D eigenvalue weighted by atomic mass is 9.81. The van der Waals surface area contributed by atoms with Crippen LogP contribution in [0, 0.1) is 11.8 Å². The first-order chi connectivity index (χ1) is 12.6. The molecule has 2 aliphatic rings. The molecule has 1 saturated heterocycles. The summed E-state index contributed by atoms with van der Waals surface area (Å²) in [6, 6.07) is 9.06. The van der Waals surface area contributed by atoms with Gasteiger partial charge in [-0.1, -0.05) is 25.0 Å². The van der Waals surface area contributed by atoms with E-state index in [0.29, 0.717) is 5.69 Å². The standard InChI is InChI=1S/C19H20N4O3/c24-17(12-22-18(25)13-6-1-2-7-14(13)19(22)26)21-15-8-3-4-9-16(15)23-11-5-10-20-23/h3-5,8-11,13-14H,1-2,6-7,12H2,(H,21,24). The molecule has 0 radical (unpaired) electrons. The van der Waals surface area contributed by atoms with E-state index >= 15 is 0 Å². The van der Waals surface area contributed by atoms with Crippen molar-refractivity contribution in [1.82, 2.24) is 14.7 Å². The number of amides is 3. The minimum absolute atomic E-state index is 0.199. The summed E-state index contributed by atoms with van der Waals surface area (Å²) in [6.07, 6.45) is 6.87. The summed E-state index contributed by atoms with van der Waals surface area (Å²) in [7, 11) is 0. The molecule has 0 spiro atoms. The Labute approximate surface area is 151 Å². The van der Waals surface area contributed by atoms with Crippen molar-refractivity contribution in [1.29, 1.82) is 0 Å². The quantitative estimate of drug-likeness (QED) is 0.853. The van der Waals surface area contributed by atoms with Crippen LogP contribution in [0.3, 0.4) is 0 Å². The number of nitrogens with zero attached hydrogens (tertiary/aromatic N) is 3. The number of rotatable bonds is 4. The van der Waals surface area contributed by atoms with E-state index in [0.717, 1.165) is 36.3 Å². The van der Waals surface area contributed by atoms with Crippen LogP contribution in [0.15, 0.2) is 42.7 Å². The number of aromatic nitrogens is 2. The second-order valence-electron chi connectivity index (χ2n) is 6.78. The van der Waals surface area contributed by atoms with Crippen molar-refractivity contribution in [2.45, 2.75) is 25.7 Å². The Balaban J connectivity index is 1.48. The molecule has 4 rings (SSSR count). The molecule has 1 aliphatic heterocycles. The maximum atomic E-state index is 12.5. The Bertz CT molecular complexity index is 822. The van der Waals surface area contributed by atoms with Gasteiger partial charge in [-0.2, -0.15) is 5.10 Å². The number of carbonyl (C=O) groups excluding carboxylic acids is 3. The average molecular weight is 352 g/mol. The highest BCUT2D eigenvalue weighted by atomic mass is 16.2. The molecule has 2 aromatic rings. The molecule has 1 aromatic carbocycles. The highest BCUT2D eigenvalue weighted by Gasteiger charge is 2.48. The Hall–Kier alpha value is -2.96. The van der Waals surface area contributed by atoms with Crippen LogP contribution in [0.4, 0.5) is 5.69 Å². The van der Waals surface area contributed by atoms with Gasteiger partial charge >= 0.3 is 0 Å². The van der Waals surface area contributed by atoms with E-state index < -0.39 is 0 Å². The molecule has 1 saturated carbocycles. The molecule has 3 amide bonds. The lowest BCUT2D eigenvalue weighted by Crippen LogP contribution is -2.38. The van der Waals surface area contributed by atoms with Crippen LogP contribution in [-0.2, 0) is 14.4 Å². The highest BCUT2D eigenvalue weighted by molar-refractivity contribution is 6.08. The molecule has 7 heteroatoms. The van der Waals surface area contributed by atoms with Crippen LogP contribution in [0.5, 0.6) is 0 Å². The van der Waals surface area contributed by atoms with E-state index in [4.69, 9.17) is 0 Å². The number of hydrogen-bond acceptors (Lipinski definition) is 4. The van der Waals surface area contributed by atoms with Gasteiger partial charge in [0.2, 0.25) is 17.7 Å². The zero-order valence-corrected chi connectivity index (χ0v) is 14.3. The smallest absolute Gasteiger partial charge is 0.244 e. The van der Waals surface area contributed by atoms with E-state index in [1.165, 1.54) is 0 Å². The predicted molar refractivity (Wildman–Crippen MR) is 94.4 cm³/mol. The minimum Gasteiger partial charge on any atom is -0.323 e. The topological polar surface area (TPSA) is 84.3 Å². The van der Waals surface area contributed by atoms with Gasteiger partial charge in [0, 0.05) is 12.4 Å². The number of carbonyl (C=O) groups is 3. The summed E-state index contributed by atoms with van der Waals surface area (Å²) in [6.45, 7) is -0.238. The summed E-state index contributed by atoms with van der Waals surface area (Å²) in [4.78, 5) is 38.6. The summed E-state index contributed by atoms with van der Waals surface area (Å²) < 4.78 is 1.65. The van der Waals surface area contributed by atoms with Crippen LogP contribution < -0.4 is 5.32 Å². The van der Waals surface area contributed by atoms with Gasteiger partial charge in [-0.05, 0) is 31.0 Å². The molecule has 1 aliphatic carbocycles. The maximum absolute atomic E-state index is 12.5. The fraction of sp³-hybridized carbons (Fsp3) is 0.368. The molecule has 2 atom stereocenters. The van der Waals surface area contributed by atoms with Crippen LogP contribution in [-0.4, -0.2) is 38.9 Å². The van der Waals surface area contributed by atoms with Gasteiger partial charge in [-0.25, -0.2) is 4.68 Å². The normalized spacial score (nSPS) is 22.4. The summed E-state index contributed by atoms with van der Waals surface area (Å²) in [5.41, 5.74) is 1.30. The van der Waals surface area contributed by atoms with Gasteiger partial charge in [0.15, 0.2) is 0 Å². The van der Waals surface area contributed by atoms with Crippen LogP contribution in [0.2, 0.25) is 0 Å². The van der Waals surface area contributed by atoms with Crippen molar-refractivity contribution < 1.29 is 14.4 Å². The summed E-state index contributed by atoms with van der Waals surface area (Å²) in [5, 5.41) is 6.98. The molecule has 1 N–H and O–H groups in total. The summed E-state index contributed by atoms with van der Waals surface area (Å²) >= 11 is 0. The lowest BCUT2D eigenvalue weighted by molar-refractivity contribution is -0.142. The third-order valence-corrected chi connectivity index (χ3v) is 5.16. The van der Waals surface area contributed by atoms with Gasteiger partial charge in [0.1, 0.15) is 6.54 Å². The monoisotopic (exact) mass is 352 g/mol. The van der Waals surface area contributed by atoms with E-state index in [1.807, 2.05) is 18.2 Å². The molecule has 26 heavy (non-hydrogen) atoms. The van der Waals surface area contributed by atoms with Crippen molar-refractivity contribution in [2.24, 2.45) is 11.8 Å². The van der Waals surface area contributed by atoms with Crippen molar-refractivity contribution in [2.75, 3.05) is 11.9 Å². The molecule has 2 heterocycles. The lowest BCUT2D eigenvalue weighted by Gasteiger charge is -2.19. The molecule has 1 aromatic heterocycles. The Morgan fingerprint density at radius 3 is 2.42 bits per heavy atom. The average Bonchev–Trinajstić information content (AvgIpc) is 3.26. The first-order valence-corrected chi connectivity index (χ1v) is 8.89. The predicted octanol–water partition coefficient (Wildman–Crippen LogP) is 1.99. The number of fused-ring (bicyclic) bond motifs is 1. The maximum Gasteiger partial charge on any atom is 0.244 e. The number of imide groups is 1. The molecular weight excluding hydrogens is 332 g/mol. The molecule has 7 nitrogen and oxygen atoms in total. The third kappa shape index (κ3) is 2.89. The Kier molecular flexibility index (Phi) is 4.28. The zero-order chi connectivity index (χ0) is 18.1. The van der Waals surface area contributed by atoms with Crippen molar-refractivity contribution in [3.8, 4) is 5.69 Å². The number of hydrogen-bond donors (Lipinski definition) is 1. The fourth-order valence-corrected chi connectivity index (χ4v) is 3.91. The van der Waals surface area contributed by atoms with Crippen LogP contribution >= 0.6 is 0 Å². The van der Waals surface area contributed by atoms with E-state index in [1.54, 1.807) is 29.2 Å². The van der Waals surface area contributed by atoms with Gasteiger partial charge in [0.25, 0.3) is 0 Å². The Morgan fingerprint density at radius 1 is 1.08 bits per heavy atom. The fourth-order valence-electron chi connectivity index (χ4n) is 3.91. The second kappa shape index (κ2) is 6.74. The summed E-state index contributed by atoms with van der Waals surface area (Å²) in [5.74, 6) is -1.25. The SMILES string of the molecule is O=C(CN1C(=O)C2CCCCC2C1=O)Nc1ccccc1-n1cccn1. The van der Waals surface area contributed by atoms with E-state index in [-0.39, 0.29) is 36.1 Å². The molecule has 2 fully saturated rings. The van der Waals surface area contributed by atoms with Crippen LogP contribution in [0.25, 0.3) is 5.69 Å². The molecule has 2 unspecified atom stereocenters. The molecule has 134 valence electrons. The van der Waals surface area contributed by atoms with Gasteiger partial charge in [-0.3, -0.25) is 19.3 Å². The number of benzene rings is 1. The number of para-hydroxylation sites is 2. The molecule has 0 bridgehead atoms. The van der Waals surface area contributed by atoms with Crippen molar-refractivity contribution >= 4 is 23.4 Å². The first-order valence-electron chi connectivity index (χ1n) is 8.89. The van der Waals surface area contributed by atoms with Crippen LogP contribution in [0.1, 0.15) is 25.7 Å². The minimum atomic E-state index is -0.384. The highest BCUT2D eigenvalue weighted by Crippen LogP contribution is 2.37. The van der Waals surface area contributed by atoms with E-state index in [2.05, 4.69) is 10.4 Å². The molecular formula is C19H20N4O3. The zero-order valence-electron chi connectivity index (χ0n) is 14.3. The van der Waals surface area contributed by atoms with E-state index in [9.17, 15) is 14.4 Å². The second-order valence-corrected chi connectivity index (χ2v) is 6.78. The van der Waals surface area contributed by atoms with Crippen molar-refractivity contribution in [3.05, 3.63) is 42.7 Å². The Morgan fingerprint density at radius 2 is 1.77 bits per heavy atom. The van der Waals surface area contributed by atoms with Gasteiger partial charge < -0.3 is 5.32 Å². The van der Waals surface area contributed by atoms with Gasteiger partial charge in [-0.15, -0.1) is 0 Å². The third-order valence-electron chi connectivity index (χ3n) is 5.16. The van der Waals surface area contributed by atoms with Crippen molar-refractivity contribution in [3.63, 3.8) is 0 Å². The number of likely N-dealkylation sites (tertiary alicyclic amines) is 1. The largest absolute Gasteiger partial charge is 0.323 e. The first kappa shape index (κ1) is 16.5. The number of nitrogens with one attached hydrogen (secondary N) is 1. The van der Waals surface area contributed by atoms with Gasteiger partial charge in [0.05, 0.1) is 23.2 Å². The number of anilines is 1.